The van der Waals surface area contributed by atoms with Crippen molar-refractivity contribution < 1.29 is 33.6 Å². The highest BCUT2D eigenvalue weighted by Gasteiger charge is 2.46. The highest BCUT2D eigenvalue weighted by atomic mass is 16.6. The Hall–Kier alpha value is -4.46. The van der Waals surface area contributed by atoms with Crippen LogP contribution in [0.15, 0.2) is 72.3 Å². The molecule has 0 unspecified atom stereocenters. The second kappa shape index (κ2) is 10.3. The number of Topliss-reactive ketones (excluding diaryl/α,β-unsaturated/α-hetero) is 1. The van der Waals surface area contributed by atoms with Gasteiger partial charge in [-0.2, -0.15) is 0 Å². The smallest absolute Gasteiger partial charge is 0.295 e. The summed E-state index contributed by atoms with van der Waals surface area (Å²) in [5.41, 5.74) is 2.00. The van der Waals surface area contributed by atoms with E-state index in [0.717, 1.165) is 5.56 Å². The van der Waals surface area contributed by atoms with Crippen LogP contribution in [0.5, 0.6) is 23.0 Å². The lowest BCUT2D eigenvalue weighted by Crippen LogP contribution is -2.31. The molecule has 8 nitrogen and oxygen atoms in total. The monoisotopic (exact) mass is 501 g/mol. The van der Waals surface area contributed by atoms with E-state index >= 15 is 0 Å². The Morgan fingerprint density at radius 3 is 2.38 bits per heavy atom. The van der Waals surface area contributed by atoms with Gasteiger partial charge in [0.1, 0.15) is 19.0 Å². The third kappa shape index (κ3) is 4.58. The van der Waals surface area contributed by atoms with Gasteiger partial charge < -0.3 is 29.0 Å². The SMILES string of the molecule is COc1ccc([C@H]2C(=C(O)c3ccc4c(c3)OCCO4)C(=O)C(=O)N2CCc2ccccc2)cc1OC. The molecule has 0 saturated carbocycles. The summed E-state index contributed by atoms with van der Waals surface area (Å²) >= 11 is 0. The van der Waals surface area contributed by atoms with E-state index in [4.69, 9.17) is 18.9 Å². The summed E-state index contributed by atoms with van der Waals surface area (Å²) in [6.07, 6.45) is 0.543. The first kappa shape index (κ1) is 24.2. The summed E-state index contributed by atoms with van der Waals surface area (Å²) in [5, 5.41) is 11.4. The number of ketones is 1. The zero-order valence-electron chi connectivity index (χ0n) is 20.6. The minimum absolute atomic E-state index is 0.00181. The van der Waals surface area contributed by atoms with Crippen molar-refractivity contribution in [3.05, 3.63) is 89.0 Å². The van der Waals surface area contributed by atoms with Crippen molar-refractivity contribution in [1.29, 1.82) is 0 Å². The molecule has 0 bridgehead atoms. The number of likely N-dealkylation sites (tertiary alicyclic amines) is 1. The Morgan fingerprint density at radius 2 is 1.65 bits per heavy atom. The molecule has 37 heavy (non-hydrogen) atoms. The maximum absolute atomic E-state index is 13.4. The van der Waals surface area contributed by atoms with Crippen molar-refractivity contribution in [2.45, 2.75) is 12.5 Å². The molecule has 0 aromatic heterocycles. The van der Waals surface area contributed by atoms with E-state index in [9.17, 15) is 14.7 Å². The second-order valence-corrected chi connectivity index (χ2v) is 8.70. The topological polar surface area (TPSA) is 94.5 Å². The minimum Gasteiger partial charge on any atom is -0.507 e. The molecule has 3 aromatic carbocycles. The quantitative estimate of drug-likeness (QED) is 0.295. The van der Waals surface area contributed by atoms with Crippen LogP contribution in [-0.4, -0.2) is 55.7 Å². The molecule has 2 aliphatic rings. The number of benzene rings is 3. The number of hydrogen-bond donors (Lipinski definition) is 1. The van der Waals surface area contributed by atoms with E-state index in [-0.39, 0.29) is 17.9 Å². The molecule has 8 heteroatoms. The second-order valence-electron chi connectivity index (χ2n) is 8.70. The standard InChI is InChI=1S/C29H27NO7/c1-34-21-10-8-19(16-23(21)35-2)26-25(27(31)20-9-11-22-24(17-20)37-15-14-36-22)28(32)29(33)30(26)13-12-18-6-4-3-5-7-18/h3-11,16-17,26,31H,12-15H2,1-2H3/t26-/m0/s1. The zero-order chi connectivity index (χ0) is 25.9. The van der Waals surface area contributed by atoms with E-state index in [1.54, 1.807) is 36.4 Å². The maximum atomic E-state index is 13.4. The molecule has 1 atom stereocenters. The Balaban J connectivity index is 1.60. The van der Waals surface area contributed by atoms with Crippen LogP contribution in [0.25, 0.3) is 5.76 Å². The van der Waals surface area contributed by atoms with Crippen molar-refractivity contribution in [2.75, 3.05) is 34.0 Å². The number of ether oxygens (including phenoxy) is 4. The highest BCUT2D eigenvalue weighted by Crippen LogP contribution is 2.43. The van der Waals surface area contributed by atoms with Crippen LogP contribution in [0.3, 0.4) is 0 Å². The Bertz CT molecular complexity index is 1370. The molecule has 0 aliphatic carbocycles. The molecule has 0 radical (unpaired) electrons. The first-order chi connectivity index (χ1) is 18.0. The van der Waals surface area contributed by atoms with Gasteiger partial charge in [-0.25, -0.2) is 0 Å². The van der Waals surface area contributed by atoms with Crippen molar-refractivity contribution in [1.82, 2.24) is 4.90 Å². The van der Waals surface area contributed by atoms with Gasteiger partial charge in [-0.1, -0.05) is 36.4 Å². The summed E-state index contributed by atoms with van der Waals surface area (Å²) in [6, 6.07) is 19.0. The largest absolute Gasteiger partial charge is 0.507 e. The molecule has 0 spiro atoms. The number of amides is 1. The summed E-state index contributed by atoms with van der Waals surface area (Å²) in [7, 11) is 3.05. The van der Waals surface area contributed by atoms with Crippen LogP contribution in [0, 0.1) is 0 Å². The summed E-state index contributed by atoms with van der Waals surface area (Å²) in [4.78, 5) is 28.2. The lowest BCUT2D eigenvalue weighted by molar-refractivity contribution is -0.139. The number of aliphatic hydroxyl groups is 1. The van der Waals surface area contributed by atoms with Crippen LogP contribution in [0.2, 0.25) is 0 Å². The molecule has 2 aliphatic heterocycles. The van der Waals surface area contributed by atoms with Crippen molar-refractivity contribution >= 4 is 17.4 Å². The number of carbonyl (C=O) groups excluding carboxylic acids is 2. The number of hydrogen-bond acceptors (Lipinski definition) is 7. The van der Waals surface area contributed by atoms with Gasteiger partial charge in [0.15, 0.2) is 23.0 Å². The molecule has 2 heterocycles. The van der Waals surface area contributed by atoms with Gasteiger partial charge in [0.05, 0.1) is 25.8 Å². The fourth-order valence-electron chi connectivity index (χ4n) is 4.72. The Labute approximate surface area is 214 Å². The van der Waals surface area contributed by atoms with E-state index in [2.05, 4.69) is 0 Å². The number of methoxy groups -OCH3 is 2. The van der Waals surface area contributed by atoms with Crippen LogP contribution in [-0.2, 0) is 16.0 Å². The van der Waals surface area contributed by atoms with Crippen LogP contribution in [0.4, 0.5) is 0 Å². The fourth-order valence-corrected chi connectivity index (χ4v) is 4.72. The maximum Gasteiger partial charge on any atom is 0.295 e. The van der Waals surface area contributed by atoms with Crippen molar-refractivity contribution in [3.8, 4) is 23.0 Å². The molecular weight excluding hydrogens is 474 g/mol. The molecule has 5 rings (SSSR count). The van der Waals surface area contributed by atoms with Gasteiger partial charge in [-0.3, -0.25) is 9.59 Å². The average molecular weight is 502 g/mol. The van der Waals surface area contributed by atoms with Gasteiger partial charge in [-0.15, -0.1) is 0 Å². The van der Waals surface area contributed by atoms with Crippen molar-refractivity contribution in [2.24, 2.45) is 0 Å². The van der Waals surface area contributed by atoms with Gasteiger partial charge in [0.25, 0.3) is 11.7 Å². The predicted molar refractivity (Wildman–Crippen MR) is 136 cm³/mol. The van der Waals surface area contributed by atoms with E-state index < -0.39 is 17.7 Å². The Kier molecular flexibility index (Phi) is 6.72. The number of fused-ring (bicyclic) bond motifs is 1. The van der Waals surface area contributed by atoms with E-state index in [1.165, 1.54) is 19.1 Å². The average Bonchev–Trinajstić information content (AvgIpc) is 3.20. The van der Waals surface area contributed by atoms with Crippen molar-refractivity contribution in [3.63, 3.8) is 0 Å². The summed E-state index contributed by atoms with van der Waals surface area (Å²) in [6.45, 7) is 1.10. The zero-order valence-corrected chi connectivity index (χ0v) is 20.6. The van der Waals surface area contributed by atoms with Crippen LogP contribution in [0.1, 0.15) is 22.7 Å². The molecule has 1 fully saturated rings. The normalized spacial score (nSPS) is 18.1. The number of nitrogens with zero attached hydrogens (tertiary/aromatic N) is 1. The van der Waals surface area contributed by atoms with Crippen LogP contribution >= 0.6 is 0 Å². The number of carbonyl (C=O) groups is 2. The first-order valence-electron chi connectivity index (χ1n) is 12.0. The van der Waals surface area contributed by atoms with E-state index in [1.807, 2.05) is 30.3 Å². The van der Waals surface area contributed by atoms with Gasteiger partial charge >= 0.3 is 0 Å². The van der Waals surface area contributed by atoms with E-state index in [0.29, 0.717) is 53.8 Å². The molecule has 1 amide bonds. The highest BCUT2D eigenvalue weighted by molar-refractivity contribution is 6.46. The third-order valence-corrected chi connectivity index (χ3v) is 6.56. The Morgan fingerprint density at radius 1 is 0.919 bits per heavy atom. The first-order valence-corrected chi connectivity index (χ1v) is 12.0. The summed E-state index contributed by atoms with van der Waals surface area (Å²) in [5.74, 6) is 0.290. The van der Waals surface area contributed by atoms with Crippen LogP contribution < -0.4 is 18.9 Å². The summed E-state index contributed by atoms with van der Waals surface area (Å²) < 4.78 is 22.1. The predicted octanol–water partition coefficient (Wildman–Crippen LogP) is 4.14. The third-order valence-electron chi connectivity index (χ3n) is 6.56. The van der Waals surface area contributed by atoms with Gasteiger partial charge in [-0.05, 0) is 47.9 Å². The fraction of sp³-hybridized carbons (Fsp3) is 0.241. The molecular formula is C29H27NO7. The number of aliphatic hydroxyl groups excluding tert-OH is 1. The minimum atomic E-state index is -0.822. The lowest BCUT2D eigenvalue weighted by atomic mass is 9.94. The van der Waals surface area contributed by atoms with Gasteiger partial charge in [0.2, 0.25) is 0 Å². The molecule has 1 N–H and O–H groups in total. The van der Waals surface area contributed by atoms with Gasteiger partial charge in [0, 0.05) is 12.1 Å². The molecule has 3 aromatic rings. The molecule has 1 saturated heterocycles. The molecule has 190 valence electrons. The number of rotatable bonds is 7. The lowest BCUT2D eigenvalue weighted by Gasteiger charge is -2.26.